The molecular weight excluding hydrogens is 224 g/mol. The third-order valence-corrected chi connectivity index (χ3v) is 2.62. The van der Waals surface area contributed by atoms with E-state index in [1.807, 2.05) is 0 Å². The van der Waals surface area contributed by atoms with Gasteiger partial charge in [0.15, 0.2) is 0 Å². The SMILES string of the molecule is CC(O)c1ccn(Cc2cc(F)ccc2F)c1. The first kappa shape index (κ1) is 11.8. The van der Waals surface area contributed by atoms with Crippen LogP contribution in [0.1, 0.15) is 24.2 Å². The van der Waals surface area contributed by atoms with Crippen LogP contribution < -0.4 is 0 Å². The molecule has 0 spiro atoms. The Hall–Kier alpha value is -1.68. The average Bonchev–Trinajstić information content (AvgIpc) is 2.72. The van der Waals surface area contributed by atoms with Crippen LogP contribution in [-0.2, 0) is 6.54 Å². The molecule has 0 aliphatic rings. The van der Waals surface area contributed by atoms with Gasteiger partial charge < -0.3 is 9.67 Å². The minimum atomic E-state index is -0.561. The Kier molecular flexibility index (Phi) is 3.24. The maximum Gasteiger partial charge on any atom is 0.128 e. The summed E-state index contributed by atoms with van der Waals surface area (Å²) >= 11 is 0. The molecule has 17 heavy (non-hydrogen) atoms. The van der Waals surface area contributed by atoms with E-state index in [1.54, 1.807) is 30.0 Å². The van der Waals surface area contributed by atoms with Crippen molar-refractivity contribution < 1.29 is 13.9 Å². The number of benzene rings is 1. The number of hydrogen-bond acceptors (Lipinski definition) is 1. The van der Waals surface area contributed by atoms with Crippen molar-refractivity contribution in [2.75, 3.05) is 0 Å². The molecule has 0 bridgehead atoms. The Balaban J connectivity index is 2.22. The fourth-order valence-corrected chi connectivity index (χ4v) is 1.67. The van der Waals surface area contributed by atoms with Gasteiger partial charge in [0.25, 0.3) is 0 Å². The third kappa shape index (κ3) is 2.71. The van der Waals surface area contributed by atoms with Crippen molar-refractivity contribution in [3.8, 4) is 0 Å². The number of rotatable bonds is 3. The van der Waals surface area contributed by atoms with E-state index in [1.165, 1.54) is 6.07 Å². The van der Waals surface area contributed by atoms with Crippen LogP contribution in [0.4, 0.5) is 8.78 Å². The molecule has 2 rings (SSSR count). The van der Waals surface area contributed by atoms with Crippen LogP contribution in [0, 0.1) is 11.6 Å². The summed E-state index contributed by atoms with van der Waals surface area (Å²) in [6.07, 6.45) is 2.88. The molecule has 0 saturated heterocycles. The maximum absolute atomic E-state index is 13.4. The first-order chi connectivity index (χ1) is 8.06. The lowest BCUT2D eigenvalue weighted by Gasteiger charge is -2.05. The highest BCUT2D eigenvalue weighted by Crippen LogP contribution is 2.15. The highest BCUT2D eigenvalue weighted by Gasteiger charge is 2.07. The van der Waals surface area contributed by atoms with Crippen LogP contribution in [0.2, 0.25) is 0 Å². The van der Waals surface area contributed by atoms with Crippen molar-refractivity contribution in [2.24, 2.45) is 0 Å². The average molecular weight is 237 g/mol. The van der Waals surface area contributed by atoms with Gasteiger partial charge in [-0.15, -0.1) is 0 Å². The molecule has 1 N–H and O–H groups in total. The van der Waals surface area contributed by atoms with Gasteiger partial charge in [-0.05, 0) is 36.8 Å². The molecule has 0 radical (unpaired) electrons. The summed E-state index contributed by atoms with van der Waals surface area (Å²) in [6.45, 7) is 1.90. The topological polar surface area (TPSA) is 25.2 Å². The standard InChI is InChI=1S/C13H13F2NO/c1-9(17)10-4-5-16(7-10)8-11-6-12(14)2-3-13(11)15/h2-7,9,17H,8H2,1H3. The van der Waals surface area contributed by atoms with Gasteiger partial charge in [-0.25, -0.2) is 8.78 Å². The van der Waals surface area contributed by atoms with Gasteiger partial charge in [0.2, 0.25) is 0 Å². The molecule has 0 saturated carbocycles. The van der Waals surface area contributed by atoms with Gasteiger partial charge in [-0.1, -0.05) is 0 Å². The number of aromatic nitrogens is 1. The Morgan fingerprint density at radius 1 is 1.29 bits per heavy atom. The summed E-state index contributed by atoms with van der Waals surface area (Å²) in [5, 5.41) is 9.35. The van der Waals surface area contributed by atoms with E-state index in [0.29, 0.717) is 0 Å². The molecule has 90 valence electrons. The molecular formula is C13H13F2NO. The third-order valence-electron chi connectivity index (χ3n) is 2.62. The first-order valence-electron chi connectivity index (χ1n) is 5.34. The van der Waals surface area contributed by atoms with Crippen molar-refractivity contribution in [2.45, 2.75) is 19.6 Å². The molecule has 2 aromatic rings. The molecule has 2 nitrogen and oxygen atoms in total. The molecule has 1 unspecified atom stereocenters. The lowest BCUT2D eigenvalue weighted by molar-refractivity contribution is 0.199. The summed E-state index contributed by atoms with van der Waals surface area (Å²) in [6, 6.07) is 5.14. The molecule has 0 amide bonds. The van der Waals surface area contributed by atoms with Gasteiger partial charge in [0, 0.05) is 24.5 Å². The predicted molar refractivity (Wildman–Crippen MR) is 60.5 cm³/mol. The van der Waals surface area contributed by atoms with Gasteiger partial charge in [0.05, 0.1) is 6.10 Å². The van der Waals surface area contributed by atoms with E-state index in [0.717, 1.165) is 17.7 Å². The van der Waals surface area contributed by atoms with Crippen LogP contribution in [0.5, 0.6) is 0 Å². The summed E-state index contributed by atoms with van der Waals surface area (Å²) in [5.41, 5.74) is 1.04. The minimum Gasteiger partial charge on any atom is -0.389 e. The molecule has 4 heteroatoms. The lowest BCUT2D eigenvalue weighted by Crippen LogP contribution is -2.00. The van der Waals surface area contributed by atoms with Crippen LogP contribution in [0.3, 0.4) is 0 Å². The number of hydrogen-bond donors (Lipinski definition) is 1. The van der Waals surface area contributed by atoms with E-state index in [-0.39, 0.29) is 12.1 Å². The van der Waals surface area contributed by atoms with Crippen molar-refractivity contribution in [3.63, 3.8) is 0 Å². The van der Waals surface area contributed by atoms with Crippen molar-refractivity contribution in [3.05, 3.63) is 59.4 Å². The van der Waals surface area contributed by atoms with E-state index < -0.39 is 17.7 Å². The number of halogens is 2. The van der Waals surface area contributed by atoms with E-state index in [9.17, 15) is 13.9 Å². The zero-order valence-corrected chi connectivity index (χ0v) is 9.40. The quantitative estimate of drug-likeness (QED) is 0.872. The Bertz CT molecular complexity index is 520. The normalized spacial score (nSPS) is 12.7. The Morgan fingerprint density at radius 3 is 2.71 bits per heavy atom. The van der Waals surface area contributed by atoms with Gasteiger partial charge >= 0.3 is 0 Å². The maximum atomic E-state index is 13.4. The lowest BCUT2D eigenvalue weighted by atomic mass is 10.2. The van der Waals surface area contributed by atoms with E-state index >= 15 is 0 Å². The second kappa shape index (κ2) is 4.67. The highest BCUT2D eigenvalue weighted by atomic mass is 19.1. The van der Waals surface area contributed by atoms with Gasteiger partial charge in [-0.2, -0.15) is 0 Å². The smallest absolute Gasteiger partial charge is 0.128 e. The Labute approximate surface area is 98.1 Å². The second-order valence-corrected chi connectivity index (χ2v) is 4.03. The van der Waals surface area contributed by atoms with Gasteiger partial charge in [0.1, 0.15) is 11.6 Å². The number of aliphatic hydroxyl groups is 1. The molecule has 1 aromatic carbocycles. The number of nitrogens with zero attached hydrogens (tertiary/aromatic N) is 1. The van der Waals surface area contributed by atoms with Crippen LogP contribution in [0.25, 0.3) is 0 Å². The number of aliphatic hydroxyl groups excluding tert-OH is 1. The second-order valence-electron chi connectivity index (χ2n) is 4.03. The highest BCUT2D eigenvalue weighted by molar-refractivity contribution is 5.21. The summed E-state index contributed by atoms with van der Waals surface area (Å²) < 4.78 is 28.1. The fourth-order valence-electron chi connectivity index (χ4n) is 1.67. The molecule has 1 aromatic heterocycles. The van der Waals surface area contributed by atoms with Crippen LogP contribution in [0.15, 0.2) is 36.7 Å². The fraction of sp³-hybridized carbons (Fsp3) is 0.231. The summed E-state index contributed by atoms with van der Waals surface area (Å²) in [4.78, 5) is 0. The van der Waals surface area contributed by atoms with Crippen LogP contribution in [-0.4, -0.2) is 9.67 Å². The molecule has 0 fully saturated rings. The monoisotopic (exact) mass is 237 g/mol. The van der Waals surface area contributed by atoms with Crippen molar-refractivity contribution >= 4 is 0 Å². The summed E-state index contributed by atoms with van der Waals surface area (Å²) in [5.74, 6) is -0.886. The molecule has 0 aliphatic heterocycles. The predicted octanol–water partition coefficient (Wildman–Crippen LogP) is 2.87. The first-order valence-corrected chi connectivity index (χ1v) is 5.34. The van der Waals surface area contributed by atoms with Crippen molar-refractivity contribution in [1.29, 1.82) is 0 Å². The summed E-state index contributed by atoms with van der Waals surface area (Å²) in [7, 11) is 0. The minimum absolute atomic E-state index is 0.246. The largest absolute Gasteiger partial charge is 0.389 e. The zero-order chi connectivity index (χ0) is 12.4. The van der Waals surface area contributed by atoms with E-state index in [4.69, 9.17) is 0 Å². The van der Waals surface area contributed by atoms with Gasteiger partial charge in [-0.3, -0.25) is 0 Å². The van der Waals surface area contributed by atoms with Crippen LogP contribution >= 0.6 is 0 Å². The van der Waals surface area contributed by atoms with Crippen molar-refractivity contribution in [1.82, 2.24) is 4.57 Å². The molecule has 1 atom stereocenters. The molecule has 1 heterocycles. The Morgan fingerprint density at radius 2 is 2.06 bits per heavy atom. The zero-order valence-electron chi connectivity index (χ0n) is 9.40. The molecule has 0 aliphatic carbocycles. The van der Waals surface area contributed by atoms with E-state index in [2.05, 4.69) is 0 Å².